The molecule has 0 aromatic carbocycles. The predicted molar refractivity (Wildman–Crippen MR) is 75.2 cm³/mol. The number of rotatable bonds is 3. The summed E-state index contributed by atoms with van der Waals surface area (Å²) in [7, 11) is 0. The van der Waals surface area contributed by atoms with Gasteiger partial charge < -0.3 is 10.2 Å². The second kappa shape index (κ2) is 6.60. The van der Waals surface area contributed by atoms with E-state index in [1.54, 1.807) is 4.90 Å². The summed E-state index contributed by atoms with van der Waals surface area (Å²) < 4.78 is 0. The molecule has 4 heteroatoms. The summed E-state index contributed by atoms with van der Waals surface area (Å²) in [5, 5.41) is 2.59. The fraction of sp³-hybridized carbons (Fsp3) is 0.733. The Bertz CT molecular complexity index is 377. The summed E-state index contributed by atoms with van der Waals surface area (Å²) in [6, 6.07) is 0. The molecule has 0 aliphatic carbocycles. The Morgan fingerprint density at radius 2 is 2.16 bits per heavy atom. The van der Waals surface area contributed by atoms with Gasteiger partial charge in [0.15, 0.2) is 0 Å². The van der Waals surface area contributed by atoms with Crippen LogP contribution in [0.5, 0.6) is 0 Å². The fourth-order valence-electron chi connectivity index (χ4n) is 2.45. The first-order chi connectivity index (χ1) is 8.84. The first kappa shape index (κ1) is 15.6. The maximum Gasteiger partial charge on any atom is 0.240 e. The molecule has 0 aromatic rings. The van der Waals surface area contributed by atoms with Crippen LogP contribution in [0.25, 0.3) is 0 Å². The van der Waals surface area contributed by atoms with Crippen molar-refractivity contribution in [2.45, 2.75) is 40.0 Å². The van der Waals surface area contributed by atoms with E-state index >= 15 is 0 Å². The molecule has 4 nitrogen and oxygen atoms in total. The van der Waals surface area contributed by atoms with E-state index in [2.05, 4.69) is 32.0 Å². The van der Waals surface area contributed by atoms with E-state index in [1.165, 1.54) is 0 Å². The molecule has 0 spiro atoms. The number of hydrogen-bond acceptors (Lipinski definition) is 2. The topological polar surface area (TPSA) is 49.4 Å². The first-order valence-electron chi connectivity index (χ1n) is 6.82. The number of hydrogen-bond donors (Lipinski definition) is 1. The smallest absolute Gasteiger partial charge is 0.240 e. The molecule has 0 bridgehead atoms. The molecular weight excluding hydrogens is 240 g/mol. The number of nitrogens with one attached hydrogen (secondary N) is 1. The Morgan fingerprint density at radius 1 is 1.47 bits per heavy atom. The Kier molecular flexibility index (Phi) is 5.41. The van der Waals surface area contributed by atoms with Gasteiger partial charge in [0.2, 0.25) is 11.8 Å². The standard InChI is InChI=1S/C15H24N2O2/c1-5-9-16-13(18)11-17-10-8-12(15(2,3)4)6-7-14(17)19/h1,12H,6-11H2,2-4H3,(H,16,18). The SMILES string of the molecule is C#CCNC(=O)CN1CCC(C(C)(C)C)CCC1=O. The predicted octanol–water partition coefficient (Wildman–Crippen LogP) is 1.41. The zero-order valence-corrected chi connectivity index (χ0v) is 12.2. The number of nitrogens with zero attached hydrogens (tertiary/aromatic N) is 1. The van der Waals surface area contributed by atoms with Crippen LogP contribution in [0.2, 0.25) is 0 Å². The van der Waals surface area contributed by atoms with Gasteiger partial charge in [-0.3, -0.25) is 9.59 Å². The Morgan fingerprint density at radius 3 is 2.74 bits per heavy atom. The lowest BCUT2D eigenvalue weighted by atomic mass is 9.77. The molecule has 1 saturated heterocycles. The van der Waals surface area contributed by atoms with Crippen molar-refractivity contribution in [2.24, 2.45) is 11.3 Å². The van der Waals surface area contributed by atoms with E-state index in [4.69, 9.17) is 6.42 Å². The third-order valence-corrected chi connectivity index (χ3v) is 3.75. The van der Waals surface area contributed by atoms with Gasteiger partial charge in [-0.1, -0.05) is 26.7 Å². The van der Waals surface area contributed by atoms with E-state index in [0.717, 1.165) is 12.8 Å². The van der Waals surface area contributed by atoms with Crippen LogP contribution in [-0.2, 0) is 9.59 Å². The zero-order valence-electron chi connectivity index (χ0n) is 12.2. The molecule has 0 saturated carbocycles. The molecule has 1 N–H and O–H groups in total. The van der Waals surface area contributed by atoms with Crippen molar-refractivity contribution in [3.63, 3.8) is 0 Å². The van der Waals surface area contributed by atoms with Gasteiger partial charge in [0.05, 0.1) is 13.1 Å². The minimum Gasteiger partial charge on any atom is -0.344 e. The van der Waals surface area contributed by atoms with E-state index < -0.39 is 0 Å². The summed E-state index contributed by atoms with van der Waals surface area (Å²) in [5.41, 5.74) is 0.210. The largest absolute Gasteiger partial charge is 0.344 e. The minimum atomic E-state index is -0.180. The highest BCUT2D eigenvalue weighted by Crippen LogP contribution is 2.34. The van der Waals surface area contributed by atoms with Gasteiger partial charge in [0.25, 0.3) is 0 Å². The lowest BCUT2D eigenvalue weighted by molar-refractivity contribution is -0.135. The number of carbonyl (C=O) groups is 2. The quantitative estimate of drug-likeness (QED) is 0.784. The van der Waals surface area contributed by atoms with Crippen molar-refractivity contribution < 1.29 is 9.59 Å². The van der Waals surface area contributed by atoms with Crippen LogP contribution < -0.4 is 5.32 Å². The van der Waals surface area contributed by atoms with Gasteiger partial charge in [0, 0.05) is 13.0 Å². The van der Waals surface area contributed by atoms with Crippen molar-refractivity contribution in [3.8, 4) is 12.3 Å². The molecule has 1 unspecified atom stereocenters. The average Bonchev–Trinajstić information content (AvgIpc) is 2.49. The van der Waals surface area contributed by atoms with Crippen LogP contribution in [0.1, 0.15) is 40.0 Å². The summed E-state index contributed by atoms with van der Waals surface area (Å²) in [4.78, 5) is 25.3. The minimum absolute atomic E-state index is 0.0719. The van der Waals surface area contributed by atoms with Crippen LogP contribution in [-0.4, -0.2) is 36.3 Å². The Hall–Kier alpha value is -1.50. The molecule has 0 aromatic heterocycles. The molecule has 1 fully saturated rings. The number of likely N-dealkylation sites (tertiary alicyclic amines) is 1. The van der Waals surface area contributed by atoms with Crippen LogP contribution in [0.4, 0.5) is 0 Å². The molecule has 1 aliphatic rings. The molecule has 0 radical (unpaired) electrons. The number of amides is 2. The summed E-state index contributed by atoms with van der Waals surface area (Å²) >= 11 is 0. The monoisotopic (exact) mass is 264 g/mol. The highest BCUT2D eigenvalue weighted by molar-refractivity contribution is 5.85. The Balaban J connectivity index is 2.55. The highest BCUT2D eigenvalue weighted by atomic mass is 16.2. The van der Waals surface area contributed by atoms with Crippen molar-refractivity contribution >= 4 is 11.8 Å². The molecule has 106 valence electrons. The zero-order chi connectivity index (χ0) is 14.5. The number of terminal acetylenes is 1. The molecule has 19 heavy (non-hydrogen) atoms. The third kappa shape index (κ3) is 4.94. The molecular formula is C15H24N2O2. The summed E-state index contributed by atoms with van der Waals surface area (Å²) in [6.07, 6.45) is 7.48. The molecule has 1 heterocycles. The summed E-state index contributed by atoms with van der Waals surface area (Å²) in [6.45, 7) is 7.61. The normalized spacial score (nSPS) is 20.6. The second-order valence-corrected chi connectivity index (χ2v) is 6.19. The van der Waals surface area contributed by atoms with Crippen molar-refractivity contribution in [3.05, 3.63) is 0 Å². The lowest BCUT2D eigenvalue weighted by Gasteiger charge is -2.29. The van der Waals surface area contributed by atoms with Crippen LogP contribution >= 0.6 is 0 Å². The molecule has 1 aliphatic heterocycles. The lowest BCUT2D eigenvalue weighted by Crippen LogP contribution is -2.40. The maximum absolute atomic E-state index is 12.0. The van der Waals surface area contributed by atoms with E-state index in [1.807, 2.05) is 0 Å². The van der Waals surface area contributed by atoms with Gasteiger partial charge in [0.1, 0.15) is 0 Å². The van der Waals surface area contributed by atoms with Gasteiger partial charge in [-0.15, -0.1) is 6.42 Å². The molecule has 1 atom stereocenters. The van der Waals surface area contributed by atoms with Crippen molar-refractivity contribution in [1.82, 2.24) is 10.2 Å². The van der Waals surface area contributed by atoms with E-state index in [9.17, 15) is 9.59 Å². The highest BCUT2D eigenvalue weighted by Gasteiger charge is 2.30. The second-order valence-electron chi connectivity index (χ2n) is 6.19. The van der Waals surface area contributed by atoms with Crippen LogP contribution in [0, 0.1) is 23.7 Å². The fourth-order valence-corrected chi connectivity index (χ4v) is 2.45. The van der Waals surface area contributed by atoms with Gasteiger partial charge >= 0.3 is 0 Å². The van der Waals surface area contributed by atoms with Gasteiger partial charge in [-0.2, -0.15) is 0 Å². The molecule has 1 rings (SSSR count). The van der Waals surface area contributed by atoms with E-state index in [0.29, 0.717) is 18.9 Å². The molecule has 2 amide bonds. The average molecular weight is 264 g/mol. The Labute approximate surface area is 115 Å². The number of carbonyl (C=O) groups excluding carboxylic acids is 2. The maximum atomic E-state index is 12.0. The van der Waals surface area contributed by atoms with Crippen molar-refractivity contribution in [1.29, 1.82) is 0 Å². The van der Waals surface area contributed by atoms with E-state index in [-0.39, 0.29) is 30.3 Å². The van der Waals surface area contributed by atoms with Gasteiger partial charge in [-0.25, -0.2) is 0 Å². The van der Waals surface area contributed by atoms with Crippen LogP contribution in [0.3, 0.4) is 0 Å². The van der Waals surface area contributed by atoms with Crippen LogP contribution in [0.15, 0.2) is 0 Å². The third-order valence-electron chi connectivity index (χ3n) is 3.75. The summed E-state index contributed by atoms with van der Waals surface area (Å²) in [5.74, 6) is 2.77. The first-order valence-corrected chi connectivity index (χ1v) is 6.82. The van der Waals surface area contributed by atoms with Gasteiger partial charge in [-0.05, 0) is 24.2 Å². The van der Waals surface area contributed by atoms with Crippen molar-refractivity contribution in [2.75, 3.05) is 19.6 Å².